The maximum absolute atomic E-state index is 12.9. The van der Waals surface area contributed by atoms with E-state index in [-0.39, 0.29) is 24.8 Å². The number of ether oxygens (including phenoxy) is 3. The van der Waals surface area contributed by atoms with Gasteiger partial charge in [0.25, 0.3) is 0 Å². The Morgan fingerprint density at radius 2 is 1.79 bits per heavy atom. The number of piperazine rings is 1. The molecule has 294 valence electrons. The van der Waals surface area contributed by atoms with E-state index >= 15 is 0 Å². The third kappa shape index (κ3) is 8.71. The molecule has 6 aromatic rings. The summed E-state index contributed by atoms with van der Waals surface area (Å²) in [6.45, 7) is 7.67. The number of pyridine rings is 2. The summed E-state index contributed by atoms with van der Waals surface area (Å²) in [5.74, 6) is 1.15. The van der Waals surface area contributed by atoms with Crippen molar-refractivity contribution in [1.29, 1.82) is 0 Å². The topological polar surface area (TPSA) is 136 Å². The number of carboxylic acid groups (broad SMARTS) is 1. The maximum Gasteiger partial charge on any atom is 0.345 e. The van der Waals surface area contributed by atoms with Crippen LogP contribution in [-0.4, -0.2) is 97.7 Å². The molecule has 1 aliphatic heterocycles. The molecule has 1 unspecified atom stereocenters. The van der Waals surface area contributed by atoms with Crippen LogP contribution in [0, 0.1) is 6.92 Å². The van der Waals surface area contributed by atoms with E-state index in [1.165, 1.54) is 11.5 Å². The highest BCUT2D eigenvalue weighted by Crippen LogP contribution is 2.48. The first-order chi connectivity index (χ1) is 27.8. The van der Waals surface area contributed by atoms with E-state index < -0.39 is 12.1 Å². The average Bonchev–Trinajstić information content (AvgIpc) is 3.62. The summed E-state index contributed by atoms with van der Waals surface area (Å²) in [6, 6.07) is 16.8. The quantitative estimate of drug-likeness (QED) is 0.109. The van der Waals surface area contributed by atoms with Gasteiger partial charge in [-0.05, 0) is 85.4 Å². The molecule has 5 heterocycles. The summed E-state index contributed by atoms with van der Waals surface area (Å²) in [5, 5.41) is 11.8. The number of likely N-dealkylation sites (N-methyl/N-ethyl adjacent to an activating group) is 1. The van der Waals surface area contributed by atoms with Crippen LogP contribution in [0.2, 0.25) is 5.02 Å². The van der Waals surface area contributed by atoms with Crippen molar-refractivity contribution in [2.75, 3.05) is 46.4 Å². The van der Waals surface area contributed by atoms with Crippen LogP contribution < -0.4 is 14.2 Å². The lowest BCUT2D eigenvalue weighted by Gasteiger charge is -2.32. The number of rotatable bonds is 15. The summed E-state index contributed by atoms with van der Waals surface area (Å²) >= 11 is 8.30. The lowest BCUT2D eigenvalue weighted by Crippen LogP contribution is -2.45. The molecule has 2 aliphatic rings. The summed E-state index contributed by atoms with van der Waals surface area (Å²) < 4.78 is 24.3. The lowest BCUT2D eigenvalue weighted by atomic mass is 9.79. The molecule has 4 aromatic heterocycles. The predicted molar refractivity (Wildman–Crippen MR) is 220 cm³/mol. The standard InChI is InChI=1S/C43H44ClN7O5S/c1-27-32(10-11-34(39(27)44)54-23-22-51-20-18-50(2)19-21-51)37-38-36(25-47-40(37)28-7-5-8-28)57-49-42(38)56-35(43(52)53)24-30-6-3-4-9-33(30)55-26-31-14-17-46-41(48-31)29-12-15-45-16-13-29/h3-4,6,9-17,25,28,35H,5,7-8,18-24,26H2,1-2H3,(H,52,53). The van der Waals surface area contributed by atoms with E-state index in [1.807, 2.05) is 61.7 Å². The van der Waals surface area contributed by atoms with Crippen molar-refractivity contribution >= 4 is 39.2 Å². The number of aliphatic carboxylic acids is 1. The van der Waals surface area contributed by atoms with Gasteiger partial charge in [0.15, 0.2) is 5.82 Å². The molecule has 1 aliphatic carbocycles. The summed E-state index contributed by atoms with van der Waals surface area (Å²) in [7, 11) is 2.15. The molecule has 8 rings (SSSR count). The largest absolute Gasteiger partial charge is 0.491 e. The number of hydrogen-bond acceptors (Lipinski definition) is 12. The first-order valence-corrected chi connectivity index (χ1v) is 20.4. The van der Waals surface area contributed by atoms with E-state index in [0.717, 1.165) is 90.0 Å². The average molecular weight is 806 g/mol. The van der Waals surface area contributed by atoms with Gasteiger partial charge in [-0.25, -0.2) is 14.8 Å². The van der Waals surface area contributed by atoms with Crippen LogP contribution in [0.4, 0.5) is 0 Å². The molecule has 2 aromatic carbocycles. The van der Waals surface area contributed by atoms with Crippen LogP contribution in [0.1, 0.15) is 47.7 Å². The Morgan fingerprint density at radius 1 is 0.982 bits per heavy atom. The number of fused-ring (bicyclic) bond motifs is 1. The highest BCUT2D eigenvalue weighted by molar-refractivity contribution is 7.13. The van der Waals surface area contributed by atoms with Gasteiger partial charge < -0.3 is 24.2 Å². The smallest absolute Gasteiger partial charge is 0.345 e. The molecule has 1 N–H and O–H groups in total. The fourth-order valence-corrected chi connectivity index (χ4v) is 8.18. The number of hydrogen-bond donors (Lipinski definition) is 1. The second-order valence-corrected chi connectivity index (χ2v) is 15.8. The van der Waals surface area contributed by atoms with Gasteiger partial charge in [-0.3, -0.25) is 14.9 Å². The Morgan fingerprint density at radius 3 is 2.56 bits per heavy atom. The van der Waals surface area contributed by atoms with Crippen LogP contribution in [0.15, 0.2) is 79.4 Å². The van der Waals surface area contributed by atoms with Gasteiger partial charge in [0.05, 0.1) is 26.5 Å². The lowest BCUT2D eigenvalue weighted by molar-refractivity contribution is -0.145. The Bertz CT molecular complexity index is 2350. The van der Waals surface area contributed by atoms with Crippen molar-refractivity contribution in [1.82, 2.24) is 34.1 Å². The van der Waals surface area contributed by atoms with Crippen LogP contribution in [0.3, 0.4) is 0 Å². The predicted octanol–water partition coefficient (Wildman–Crippen LogP) is 7.72. The molecule has 12 nitrogen and oxygen atoms in total. The van der Waals surface area contributed by atoms with Crippen molar-refractivity contribution in [3.05, 3.63) is 107 Å². The third-order valence-corrected chi connectivity index (χ3v) is 12.1. The van der Waals surface area contributed by atoms with Crippen molar-refractivity contribution in [2.24, 2.45) is 0 Å². The minimum atomic E-state index is -1.26. The monoisotopic (exact) mass is 805 g/mol. The zero-order valence-corrected chi connectivity index (χ0v) is 33.5. The normalized spacial score (nSPS) is 15.6. The Labute approximate surface area is 340 Å². The molecule has 1 atom stereocenters. The number of carboxylic acids is 1. The molecule has 57 heavy (non-hydrogen) atoms. The molecule has 0 amide bonds. The van der Waals surface area contributed by atoms with Gasteiger partial charge in [0.2, 0.25) is 12.0 Å². The highest BCUT2D eigenvalue weighted by Gasteiger charge is 2.31. The summed E-state index contributed by atoms with van der Waals surface area (Å²) in [6.07, 6.45) is 8.86. The van der Waals surface area contributed by atoms with Gasteiger partial charge >= 0.3 is 5.97 Å². The number of nitrogens with zero attached hydrogens (tertiary/aromatic N) is 7. The Kier molecular flexibility index (Phi) is 11.9. The fraction of sp³-hybridized carbons (Fsp3) is 0.349. The molecule has 14 heteroatoms. The fourth-order valence-electron chi connectivity index (χ4n) is 7.26. The summed E-state index contributed by atoms with van der Waals surface area (Å²) in [4.78, 5) is 35.7. The zero-order valence-electron chi connectivity index (χ0n) is 31.9. The molecule has 1 saturated carbocycles. The van der Waals surface area contributed by atoms with E-state index in [1.54, 1.807) is 24.7 Å². The van der Waals surface area contributed by atoms with Crippen LogP contribution in [0.25, 0.3) is 32.6 Å². The van der Waals surface area contributed by atoms with Crippen molar-refractivity contribution < 1.29 is 24.1 Å². The van der Waals surface area contributed by atoms with E-state index in [9.17, 15) is 9.90 Å². The number of benzene rings is 2. The van der Waals surface area contributed by atoms with Gasteiger partial charge in [-0.1, -0.05) is 42.3 Å². The molecule has 2 fully saturated rings. The highest BCUT2D eigenvalue weighted by atomic mass is 35.5. The number of carbonyl (C=O) groups is 1. The van der Waals surface area contributed by atoms with Gasteiger partial charge in [0.1, 0.15) is 24.7 Å². The van der Waals surface area contributed by atoms with Crippen LogP contribution in [-0.2, 0) is 17.8 Å². The maximum atomic E-state index is 12.9. The Balaban J connectivity index is 1.04. The van der Waals surface area contributed by atoms with Crippen LogP contribution in [0.5, 0.6) is 17.4 Å². The minimum Gasteiger partial charge on any atom is -0.491 e. The second kappa shape index (κ2) is 17.5. The number of para-hydroxylation sites is 1. The molecule has 1 saturated heterocycles. The first kappa shape index (κ1) is 38.7. The molecular formula is C43H44ClN7O5S. The Hall–Kier alpha value is -5.21. The second-order valence-electron chi connectivity index (χ2n) is 14.6. The molecular weight excluding hydrogens is 762 g/mol. The summed E-state index contributed by atoms with van der Waals surface area (Å²) in [5.41, 5.74) is 5.79. The van der Waals surface area contributed by atoms with Crippen molar-refractivity contribution in [2.45, 2.75) is 51.2 Å². The van der Waals surface area contributed by atoms with E-state index in [2.05, 4.69) is 36.2 Å². The third-order valence-electron chi connectivity index (χ3n) is 10.8. The number of halogens is 1. The molecule has 0 spiro atoms. The minimum absolute atomic E-state index is 0.0392. The molecule has 0 bridgehead atoms. The van der Waals surface area contributed by atoms with Gasteiger partial charge in [-0.15, -0.1) is 0 Å². The van der Waals surface area contributed by atoms with Crippen molar-refractivity contribution in [3.8, 4) is 39.9 Å². The van der Waals surface area contributed by atoms with E-state index in [0.29, 0.717) is 40.2 Å². The van der Waals surface area contributed by atoms with Gasteiger partial charge in [0, 0.05) is 81.0 Å². The molecule has 0 radical (unpaired) electrons. The zero-order chi connectivity index (χ0) is 39.3. The van der Waals surface area contributed by atoms with Crippen LogP contribution >= 0.6 is 23.1 Å². The number of aromatic nitrogens is 5. The van der Waals surface area contributed by atoms with E-state index in [4.69, 9.17) is 30.8 Å². The van der Waals surface area contributed by atoms with Crippen molar-refractivity contribution in [3.63, 3.8) is 0 Å². The first-order valence-electron chi connectivity index (χ1n) is 19.3. The SMILES string of the molecule is Cc1c(-c2c(C3CCC3)ncc3snc(OC(Cc4ccccc4OCc4ccnc(-c5ccncc5)n4)C(=O)O)c23)ccc(OCCN2CCN(C)CC2)c1Cl. The van der Waals surface area contributed by atoms with Gasteiger partial charge in [-0.2, -0.15) is 4.37 Å².